The first-order valence-corrected chi connectivity index (χ1v) is 21.7. The number of rotatable bonds is 40. The van der Waals surface area contributed by atoms with Crippen molar-refractivity contribution in [3.63, 3.8) is 0 Å². The number of hydrogen-bond acceptors (Lipinski definition) is 3. The summed E-state index contributed by atoms with van der Waals surface area (Å²) in [4.78, 5) is 23.6. The van der Waals surface area contributed by atoms with Crippen LogP contribution in [0.3, 0.4) is 0 Å². The predicted molar refractivity (Wildman–Crippen MR) is 209 cm³/mol. The van der Waals surface area contributed by atoms with Gasteiger partial charge in [0.25, 0.3) is 0 Å². The molecule has 0 aromatic heterocycles. The molecule has 0 aromatic rings. The van der Waals surface area contributed by atoms with E-state index in [9.17, 15) is 9.59 Å². The molecule has 0 amide bonds. The molecule has 4 nitrogen and oxygen atoms in total. The summed E-state index contributed by atoms with van der Waals surface area (Å²) >= 11 is 0. The highest BCUT2D eigenvalue weighted by atomic mass is 16.5. The van der Waals surface area contributed by atoms with E-state index in [2.05, 4.69) is 26.0 Å². The van der Waals surface area contributed by atoms with Gasteiger partial charge in [0.1, 0.15) is 6.10 Å². The zero-order valence-corrected chi connectivity index (χ0v) is 32.6. The maximum Gasteiger partial charge on any atom is 0.306 e. The van der Waals surface area contributed by atoms with Crippen LogP contribution in [0.5, 0.6) is 0 Å². The molecular formula is C44H84O4. The van der Waals surface area contributed by atoms with Gasteiger partial charge in [0.05, 0.1) is 0 Å². The number of carboxylic acid groups (broad SMARTS) is 1. The molecule has 0 saturated heterocycles. The second-order valence-corrected chi connectivity index (χ2v) is 14.9. The van der Waals surface area contributed by atoms with Gasteiger partial charge in [-0.1, -0.05) is 193 Å². The molecule has 4 heteroatoms. The van der Waals surface area contributed by atoms with Gasteiger partial charge in [-0.2, -0.15) is 0 Å². The number of hydrogen-bond donors (Lipinski definition) is 1. The smallest absolute Gasteiger partial charge is 0.306 e. The maximum atomic E-state index is 12.5. The Morgan fingerprint density at radius 1 is 0.438 bits per heavy atom. The summed E-state index contributed by atoms with van der Waals surface area (Å²) in [6.07, 6.45) is 49.5. The Balaban J connectivity index is 3.75. The van der Waals surface area contributed by atoms with Crippen molar-refractivity contribution in [2.45, 2.75) is 258 Å². The van der Waals surface area contributed by atoms with Gasteiger partial charge in [-0.15, -0.1) is 0 Å². The molecule has 284 valence electrons. The molecule has 0 bridgehead atoms. The summed E-state index contributed by atoms with van der Waals surface area (Å²) in [6, 6.07) is 0. The molecule has 0 aliphatic carbocycles. The van der Waals surface area contributed by atoms with Crippen LogP contribution in [-0.2, 0) is 14.3 Å². The molecule has 0 radical (unpaired) electrons. The average molecular weight is 677 g/mol. The molecule has 0 aromatic carbocycles. The van der Waals surface area contributed by atoms with E-state index in [4.69, 9.17) is 9.84 Å². The van der Waals surface area contributed by atoms with Gasteiger partial charge in [-0.05, 0) is 57.8 Å². The molecule has 0 aliphatic rings. The first-order chi connectivity index (χ1) is 23.6. The Kier molecular flexibility index (Phi) is 39.0. The van der Waals surface area contributed by atoms with E-state index >= 15 is 0 Å². The number of aliphatic carboxylic acids is 1. The van der Waals surface area contributed by atoms with Crippen molar-refractivity contribution < 1.29 is 19.4 Å². The first kappa shape index (κ1) is 46.7. The van der Waals surface area contributed by atoms with Gasteiger partial charge in [-0.25, -0.2) is 0 Å². The molecule has 0 aliphatic heterocycles. The number of allylic oxidation sites excluding steroid dienone is 2. The number of carbonyl (C=O) groups is 2. The van der Waals surface area contributed by atoms with Crippen LogP contribution in [0, 0.1) is 0 Å². The summed E-state index contributed by atoms with van der Waals surface area (Å²) in [7, 11) is 0. The standard InChI is InChI=1S/C44H84O4/c1-3-5-7-9-11-13-15-17-19-21-23-25-27-29-31-33-35-38-42(39-37-40-43(45)46)48-44(47)41-36-34-32-30-28-26-24-22-20-18-16-14-12-10-8-6-4-2/h18,20,42H,3-17,19,21-41H2,1-2H3,(H,45,46)/b20-18-. The number of carboxylic acids is 1. The van der Waals surface area contributed by atoms with Crippen LogP contribution >= 0.6 is 0 Å². The largest absolute Gasteiger partial charge is 0.481 e. The van der Waals surface area contributed by atoms with Crippen LogP contribution < -0.4 is 0 Å². The van der Waals surface area contributed by atoms with Gasteiger partial charge in [0.2, 0.25) is 0 Å². The van der Waals surface area contributed by atoms with Gasteiger partial charge in [0.15, 0.2) is 0 Å². The molecule has 1 N–H and O–H groups in total. The van der Waals surface area contributed by atoms with Crippen molar-refractivity contribution in [3.05, 3.63) is 12.2 Å². The topological polar surface area (TPSA) is 63.6 Å². The van der Waals surface area contributed by atoms with Crippen LogP contribution in [-0.4, -0.2) is 23.1 Å². The second-order valence-electron chi connectivity index (χ2n) is 14.9. The van der Waals surface area contributed by atoms with E-state index in [1.54, 1.807) is 0 Å². The van der Waals surface area contributed by atoms with Gasteiger partial charge < -0.3 is 9.84 Å². The van der Waals surface area contributed by atoms with Crippen molar-refractivity contribution >= 4 is 11.9 Å². The third-order valence-electron chi connectivity index (χ3n) is 9.99. The molecule has 1 atom stereocenters. The summed E-state index contributed by atoms with van der Waals surface area (Å²) in [5.74, 6) is -0.854. The lowest BCUT2D eigenvalue weighted by molar-refractivity contribution is -0.150. The molecule has 0 rings (SSSR count). The minimum absolute atomic E-state index is 0.0879. The normalized spacial score (nSPS) is 12.2. The Hall–Kier alpha value is -1.32. The van der Waals surface area contributed by atoms with E-state index in [-0.39, 0.29) is 18.5 Å². The summed E-state index contributed by atoms with van der Waals surface area (Å²) in [6.45, 7) is 4.56. The fourth-order valence-corrected chi connectivity index (χ4v) is 6.78. The van der Waals surface area contributed by atoms with Gasteiger partial charge >= 0.3 is 11.9 Å². The Morgan fingerprint density at radius 3 is 1.17 bits per heavy atom. The quantitative estimate of drug-likeness (QED) is 0.0398. The van der Waals surface area contributed by atoms with Crippen LogP contribution in [0.15, 0.2) is 12.2 Å². The zero-order chi connectivity index (χ0) is 35.0. The molecular weight excluding hydrogens is 592 g/mol. The Bertz CT molecular complexity index is 687. The van der Waals surface area contributed by atoms with Crippen molar-refractivity contribution in [3.8, 4) is 0 Å². The van der Waals surface area contributed by atoms with Gasteiger partial charge in [-0.3, -0.25) is 9.59 Å². The van der Waals surface area contributed by atoms with Crippen molar-refractivity contribution in [2.24, 2.45) is 0 Å². The highest BCUT2D eigenvalue weighted by Crippen LogP contribution is 2.18. The van der Waals surface area contributed by atoms with E-state index in [1.165, 1.54) is 186 Å². The summed E-state index contributed by atoms with van der Waals surface area (Å²) in [5.41, 5.74) is 0. The lowest BCUT2D eigenvalue weighted by Crippen LogP contribution is -2.18. The third-order valence-corrected chi connectivity index (χ3v) is 9.99. The fraction of sp³-hybridized carbons (Fsp3) is 0.909. The van der Waals surface area contributed by atoms with Crippen molar-refractivity contribution in [2.75, 3.05) is 0 Å². The van der Waals surface area contributed by atoms with Gasteiger partial charge in [0, 0.05) is 12.8 Å². The second kappa shape index (κ2) is 40.1. The van der Waals surface area contributed by atoms with Crippen molar-refractivity contribution in [1.29, 1.82) is 0 Å². The highest BCUT2D eigenvalue weighted by molar-refractivity contribution is 5.69. The SMILES string of the molecule is CCCCCCCC/C=C\CCCCCCCCCC(=O)OC(CCCCCCCCCCCCCCCCCCC)CCCC(=O)O. The number of unbranched alkanes of at least 4 members (excludes halogenated alkanes) is 29. The molecule has 1 unspecified atom stereocenters. The van der Waals surface area contributed by atoms with Crippen LogP contribution in [0.2, 0.25) is 0 Å². The van der Waals surface area contributed by atoms with E-state index in [1.807, 2.05) is 0 Å². The number of esters is 1. The highest BCUT2D eigenvalue weighted by Gasteiger charge is 2.15. The van der Waals surface area contributed by atoms with Crippen LogP contribution in [0.4, 0.5) is 0 Å². The summed E-state index contributed by atoms with van der Waals surface area (Å²) in [5, 5.41) is 9.04. The molecule has 48 heavy (non-hydrogen) atoms. The zero-order valence-electron chi connectivity index (χ0n) is 32.6. The van der Waals surface area contributed by atoms with E-state index < -0.39 is 5.97 Å². The third kappa shape index (κ3) is 39.1. The lowest BCUT2D eigenvalue weighted by Gasteiger charge is -2.18. The molecule has 0 saturated carbocycles. The molecule has 0 spiro atoms. The van der Waals surface area contributed by atoms with E-state index in [0.717, 1.165) is 25.7 Å². The molecule has 0 fully saturated rings. The monoisotopic (exact) mass is 677 g/mol. The Labute approximate surface area is 300 Å². The fourth-order valence-electron chi connectivity index (χ4n) is 6.78. The average Bonchev–Trinajstić information content (AvgIpc) is 3.07. The Morgan fingerprint density at radius 2 is 0.771 bits per heavy atom. The minimum atomic E-state index is -0.766. The minimum Gasteiger partial charge on any atom is -0.481 e. The van der Waals surface area contributed by atoms with Crippen molar-refractivity contribution in [1.82, 2.24) is 0 Å². The van der Waals surface area contributed by atoms with Crippen LogP contribution in [0.1, 0.15) is 251 Å². The summed E-state index contributed by atoms with van der Waals surface area (Å²) < 4.78 is 5.85. The van der Waals surface area contributed by atoms with Crippen LogP contribution in [0.25, 0.3) is 0 Å². The first-order valence-electron chi connectivity index (χ1n) is 21.7. The maximum absolute atomic E-state index is 12.5. The van der Waals surface area contributed by atoms with E-state index in [0.29, 0.717) is 19.3 Å². The lowest BCUT2D eigenvalue weighted by atomic mass is 10.0. The number of ether oxygens (including phenoxy) is 1. The number of carbonyl (C=O) groups excluding carboxylic acids is 1. The molecule has 0 heterocycles. The predicted octanol–water partition coefficient (Wildman–Crippen LogP) is 15.0.